The fraction of sp³-hybridized carbons (Fsp3) is 0.692. The lowest BCUT2D eigenvalue weighted by molar-refractivity contribution is 0.480. The first-order chi connectivity index (χ1) is 7.83. The van der Waals surface area contributed by atoms with Crippen LogP contribution < -0.4 is 5.32 Å². The summed E-state index contributed by atoms with van der Waals surface area (Å²) in [5, 5.41) is 5.73. The largest absolute Gasteiger partial charge is 0.312 e. The molecule has 1 aromatic heterocycles. The number of nitrogens with one attached hydrogen (secondary N) is 1. The average molecular weight is 300 g/mol. The SMILES string of the molecule is CNC(c1sccc1Br)C1C2CCCCC21. The van der Waals surface area contributed by atoms with E-state index in [1.807, 2.05) is 11.3 Å². The second kappa shape index (κ2) is 4.43. The van der Waals surface area contributed by atoms with Crippen LogP contribution in [-0.4, -0.2) is 7.05 Å². The zero-order chi connectivity index (χ0) is 11.1. The summed E-state index contributed by atoms with van der Waals surface area (Å²) in [5.74, 6) is 2.93. The van der Waals surface area contributed by atoms with E-state index in [2.05, 4.69) is 39.7 Å². The van der Waals surface area contributed by atoms with Crippen molar-refractivity contribution < 1.29 is 0 Å². The van der Waals surface area contributed by atoms with Crippen LogP contribution in [0.1, 0.15) is 36.6 Å². The van der Waals surface area contributed by atoms with E-state index >= 15 is 0 Å². The molecule has 88 valence electrons. The molecule has 1 heterocycles. The molecule has 3 heteroatoms. The second-order valence-electron chi connectivity index (χ2n) is 5.09. The summed E-state index contributed by atoms with van der Waals surface area (Å²) in [4.78, 5) is 1.50. The van der Waals surface area contributed by atoms with E-state index in [1.54, 1.807) is 0 Å². The molecular weight excluding hydrogens is 282 g/mol. The lowest BCUT2D eigenvalue weighted by atomic mass is 10.0. The molecule has 1 aromatic rings. The molecule has 0 radical (unpaired) electrons. The van der Waals surface area contributed by atoms with Gasteiger partial charge in [-0.05, 0) is 65.0 Å². The molecule has 3 rings (SSSR count). The third kappa shape index (κ3) is 1.77. The molecule has 3 unspecified atom stereocenters. The Hall–Kier alpha value is 0.140. The molecule has 2 fully saturated rings. The Kier molecular flexibility index (Phi) is 3.11. The first-order valence-corrected chi connectivity index (χ1v) is 7.90. The average Bonchev–Trinajstić information content (AvgIpc) is 2.87. The monoisotopic (exact) mass is 299 g/mol. The Morgan fingerprint density at radius 1 is 1.38 bits per heavy atom. The zero-order valence-corrected chi connectivity index (χ0v) is 12.0. The van der Waals surface area contributed by atoms with Crippen LogP contribution >= 0.6 is 27.3 Å². The summed E-state index contributed by atoms with van der Waals surface area (Å²) in [6, 6.07) is 2.76. The van der Waals surface area contributed by atoms with Gasteiger partial charge in [-0.3, -0.25) is 0 Å². The van der Waals surface area contributed by atoms with E-state index in [1.165, 1.54) is 35.0 Å². The number of hydrogen-bond acceptors (Lipinski definition) is 2. The Balaban J connectivity index is 1.80. The highest BCUT2D eigenvalue weighted by Gasteiger charge is 2.54. The molecule has 1 N–H and O–H groups in total. The van der Waals surface area contributed by atoms with Gasteiger partial charge in [-0.1, -0.05) is 12.8 Å². The molecule has 0 amide bonds. The maximum absolute atomic E-state index is 3.67. The van der Waals surface area contributed by atoms with Gasteiger partial charge in [0.15, 0.2) is 0 Å². The van der Waals surface area contributed by atoms with Gasteiger partial charge in [-0.15, -0.1) is 11.3 Å². The predicted molar refractivity (Wildman–Crippen MR) is 72.8 cm³/mol. The van der Waals surface area contributed by atoms with Gasteiger partial charge in [0.2, 0.25) is 0 Å². The van der Waals surface area contributed by atoms with Crippen molar-refractivity contribution in [3.05, 3.63) is 20.8 Å². The lowest BCUT2D eigenvalue weighted by Crippen LogP contribution is -2.19. The van der Waals surface area contributed by atoms with E-state index in [9.17, 15) is 0 Å². The van der Waals surface area contributed by atoms with Gasteiger partial charge in [0.25, 0.3) is 0 Å². The van der Waals surface area contributed by atoms with Gasteiger partial charge in [-0.25, -0.2) is 0 Å². The van der Waals surface area contributed by atoms with Crippen LogP contribution in [0.5, 0.6) is 0 Å². The van der Waals surface area contributed by atoms with E-state index in [-0.39, 0.29) is 0 Å². The zero-order valence-electron chi connectivity index (χ0n) is 9.58. The maximum Gasteiger partial charge on any atom is 0.0457 e. The minimum atomic E-state index is 0.586. The highest BCUT2D eigenvalue weighted by Crippen LogP contribution is 2.61. The van der Waals surface area contributed by atoms with E-state index < -0.39 is 0 Å². The van der Waals surface area contributed by atoms with Crippen molar-refractivity contribution in [1.82, 2.24) is 5.32 Å². The Morgan fingerprint density at radius 2 is 2.06 bits per heavy atom. The topological polar surface area (TPSA) is 12.0 Å². The van der Waals surface area contributed by atoms with E-state index in [0.717, 1.165) is 17.8 Å². The summed E-state index contributed by atoms with van der Waals surface area (Å²) >= 11 is 5.56. The van der Waals surface area contributed by atoms with Crippen molar-refractivity contribution >= 4 is 27.3 Å². The summed E-state index contributed by atoms with van der Waals surface area (Å²) in [6.07, 6.45) is 5.85. The minimum absolute atomic E-state index is 0.586. The van der Waals surface area contributed by atoms with Crippen LogP contribution in [0, 0.1) is 17.8 Å². The standard InChI is InChI=1S/C13H18BrNS/c1-15-12(13-10(14)6-7-16-13)11-8-4-2-3-5-9(8)11/h6-9,11-12,15H,2-5H2,1H3. The molecule has 0 bridgehead atoms. The van der Waals surface area contributed by atoms with Crippen molar-refractivity contribution in [2.75, 3.05) is 7.05 Å². The molecule has 0 aliphatic heterocycles. The van der Waals surface area contributed by atoms with Crippen LogP contribution in [0.15, 0.2) is 15.9 Å². The predicted octanol–water partition coefficient (Wildman–Crippen LogP) is 4.21. The first-order valence-electron chi connectivity index (χ1n) is 6.23. The molecule has 0 saturated heterocycles. The van der Waals surface area contributed by atoms with Crippen molar-refractivity contribution in [3.63, 3.8) is 0 Å². The number of hydrogen-bond donors (Lipinski definition) is 1. The second-order valence-corrected chi connectivity index (χ2v) is 6.89. The van der Waals surface area contributed by atoms with Crippen molar-refractivity contribution in [1.29, 1.82) is 0 Å². The highest BCUT2D eigenvalue weighted by molar-refractivity contribution is 9.10. The third-order valence-electron chi connectivity index (χ3n) is 4.35. The first kappa shape index (κ1) is 11.2. The molecule has 2 saturated carbocycles. The van der Waals surface area contributed by atoms with Gasteiger partial charge in [-0.2, -0.15) is 0 Å². The van der Waals surface area contributed by atoms with Crippen molar-refractivity contribution in [2.45, 2.75) is 31.7 Å². The Morgan fingerprint density at radius 3 is 2.56 bits per heavy atom. The minimum Gasteiger partial charge on any atom is -0.312 e. The fourth-order valence-electron chi connectivity index (χ4n) is 3.57. The van der Waals surface area contributed by atoms with E-state index in [0.29, 0.717) is 6.04 Å². The van der Waals surface area contributed by atoms with Crippen LogP contribution in [-0.2, 0) is 0 Å². The molecule has 16 heavy (non-hydrogen) atoms. The summed E-state index contributed by atoms with van der Waals surface area (Å²) in [6.45, 7) is 0. The van der Waals surface area contributed by atoms with Gasteiger partial charge in [0, 0.05) is 15.4 Å². The van der Waals surface area contributed by atoms with Gasteiger partial charge in [0.05, 0.1) is 0 Å². The van der Waals surface area contributed by atoms with Crippen LogP contribution in [0.4, 0.5) is 0 Å². The van der Waals surface area contributed by atoms with Gasteiger partial charge in [0.1, 0.15) is 0 Å². The summed E-state index contributed by atoms with van der Waals surface area (Å²) in [5.41, 5.74) is 0. The smallest absolute Gasteiger partial charge is 0.0457 e. The molecule has 2 aliphatic rings. The molecule has 2 aliphatic carbocycles. The quantitative estimate of drug-likeness (QED) is 0.882. The molecule has 0 aromatic carbocycles. The summed E-state index contributed by atoms with van der Waals surface area (Å²) in [7, 11) is 2.11. The molecule has 3 atom stereocenters. The summed E-state index contributed by atoms with van der Waals surface area (Å²) < 4.78 is 1.29. The number of halogens is 1. The number of thiophene rings is 1. The Labute approximate surface area is 110 Å². The van der Waals surface area contributed by atoms with Gasteiger partial charge >= 0.3 is 0 Å². The number of fused-ring (bicyclic) bond motifs is 1. The van der Waals surface area contributed by atoms with Gasteiger partial charge < -0.3 is 5.32 Å². The fourth-order valence-corrected chi connectivity index (χ4v) is 5.35. The molecule has 1 nitrogen and oxygen atoms in total. The van der Waals surface area contributed by atoms with Crippen LogP contribution in [0.2, 0.25) is 0 Å². The molecular formula is C13H18BrNS. The third-order valence-corrected chi connectivity index (χ3v) is 6.30. The highest BCUT2D eigenvalue weighted by atomic mass is 79.9. The lowest BCUT2D eigenvalue weighted by Gasteiger charge is -2.15. The molecule has 0 spiro atoms. The van der Waals surface area contributed by atoms with E-state index in [4.69, 9.17) is 0 Å². The van der Waals surface area contributed by atoms with Crippen molar-refractivity contribution in [3.8, 4) is 0 Å². The van der Waals surface area contributed by atoms with Crippen LogP contribution in [0.25, 0.3) is 0 Å². The number of rotatable bonds is 3. The Bertz CT molecular complexity index is 364. The van der Waals surface area contributed by atoms with Crippen LogP contribution in [0.3, 0.4) is 0 Å². The maximum atomic E-state index is 3.67. The normalized spacial score (nSPS) is 34.5. The van der Waals surface area contributed by atoms with Crippen molar-refractivity contribution in [2.24, 2.45) is 17.8 Å².